The molecular formula is C22H31N3O2S2. The van der Waals surface area contributed by atoms with Crippen LogP contribution in [0.2, 0.25) is 0 Å². The Morgan fingerprint density at radius 3 is 2.62 bits per heavy atom. The lowest BCUT2D eigenvalue weighted by atomic mass is 9.92. The Bertz CT molecular complexity index is 971. The number of hydrogen-bond donors (Lipinski definition) is 0. The highest BCUT2D eigenvalue weighted by Crippen LogP contribution is 2.35. The minimum absolute atomic E-state index is 0.0688. The van der Waals surface area contributed by atoms with E-state index in [9.17, 15) is 9.59 Å². The monoisotopic (exact) mass is 433 g/mol. The summed E-state index contributed by atoms with van der Waals surface area (Å²) in [5, 5.41) is 1.26. The number of fused-ring (bicyclic) bond motifs is 3. The van der Waals surface area contributed by atoms with Gasteiger partial charge in [0.25, 0.3) is 5.56 Å². The minimum atomic E-state index is -0.246. The van der Waals surface area contributed by atoms with E-state index in [1.807, 2.05) is 18.7 Å². The lowest BCUT2D eigenvalue weighted by molar-refractivity contribution is -0.132. The van der Waals surface area contributed by atoms with Crippen LogP contribution < -0.4 is 5.56 Å². The summed E-state index contributed by atoms with van der Waals surface area (Å²) in [6, 6.07) is 0. The van der Waals surface area contributed by atoms with Crippen molar-refractivity contribution >= 4 is 39.2 Å². The number of nitrogens with zero attached hydrogens (tertiary/aromatic N) is 3. The van der Waals surface area contributed by atoms with E-state index < -0.39 is 0 Å². The third-order valence-electron chi connectivity index (χ3n) is 6.17. The van der Waals surface area contributed by atoms with Gasteiger partial charge in [0.1, 0.15) is 4.83 Å². The van der Waals surface area contributed by atoms with Gasteiger partial charge in [0, 0.05) is 24.5 Å². The van der Waals surface area contributed by atoms with Gasteiger partial charge >= 0.3 is 0 Å². The summed E-state index contributed by atoms with van der Waals surface area (Å²) in [7, 11) is 0. The summed E-state index contributed by atoms with van der Waals surface area (Å²) in [5.74, 6) is 1.25. The van der Waals surface area contributed by atoms with Crippen molar-refractivity contribution in [2.75, 3.05) is 13.1 Å². The van der Waals surface area contributed by atoms with Gasteiger partial charge in [-0.1, -0.05) is 25.6 Å². The van der Waals surface area contributed by atoms with Gasteiger partial charge in [0.05, 0.1) is 10.6 Å². The number of rotatable bonds is 4. The standard InChI is InChI=1S/C22H31N3O2S2/c1-5-25-21(27)18-16-8-6-7-9-17(16)29-19(18)23-22(25)28-15(4)20(26)24-11-13(2)10-14(3)12-24/h13-15H,5-12H2,1-4H3. The first-order chi connectivity index (χ1) is 13.9. The van der Waals surface area contributed by atoms with Gasteiger partial charge in [-0.3, -0.25) is 14.2 Å². The van der Waals surface area contributed by atoms with E-state index in [1.165, 1.54) is 35.0 Å². The van der Waals surface area contributed by atoms with Crippen molar-refractivity contribution in [2.45, 2.75) is 76.8 Å². The van der Waals surface area contributed by atoms with Gasteiger partial charge < -0.3 is 4.90 Å². The largest absolute Gasteiger partial charge is 0.341 e. The molecule has 1 amide bonds. The third kappa shape index (κ3) is 4.00. The molecule has 3 atom stereocenters. The molecule has 2 aliphatic rings. The van der Waals surface area contributed by atoms with E-state index >= 15 is 0 Å². The smallest absolute Gasteiger partial charge is 0.263 e. The molecule has 0 N–H and O–H groups in total. The maximum atomic E-state index is 13.3. The highest BCUT2D eigenvalue weighted by molar-refractivity contribution is 8.00. The molecule has 1 aliphatic heterocycles. The van der Waals surface area contributed by atoms with Crippen molar-refractivity contribution in [2.24, 2.45) is 11.8 Å². The van der Waals surface area contributed by atoms with Crippen LogP contribution >= 0.6 is 23.1 Å². The van der Waals surface area contributed by atoms with Crippen LogP contribution in [0.15, 0.2) is 9.95 Å². The number of amides is 1. The lowest BCUT2D eigenvalue weighted by Gasteiger charge is -2.36. The Morgan fingerprint density at radius 2 is 1.93 bits per heavy atom. The van der Waals surface area contributed by atoms with Crippen LogP contribution in [-0.4, -0.2) is 38.7 Å². The Morgan fingerprint density at radius 1 is 1.24 bits per heavy atom. The van der Waals surface area contributed by atoms with Crippen LogP contribution in [0.1, 0.15) is 57.4 Å². The predicted octanol–water partition coefficient (Wildman–Crippen LogP) is 4.34. The Kier molecular flexibility index (Phi) is 6.07. The molecule has 4 rings (SSSR count). The Balaban J connectivity index is 1.63. The number of carbonyl (C=O) groups is 1. The number of hydrogen-bond acceptors (Lipinski definition) is 5. The molecule has 0 bridgehead atoms. The number of likely N-dealkylation sites (tertiary alicyclic amines) is 1. The molecule has 0 aromatic carbocycles. The van der Waals surface area contributed by atoms with Gasteiger partial charge in [-0.15, -0.1) is 11.3 Å². The zero-order chi connectivity index (χ0) is 20.7. The first-order valence-corrected chi connectivity index (χ1v) is 12.6. The number of thioether (sulfide) groups is 1. The van der Waals surface area contributed by atoms with Crippen LogP contribution in [0.25, 0.3) is 10.2 Å². The van der Waals surface area contributed by atoms with Crippen molar-refractivity contribution in [1.29, 1.82) is 0 Å². The molecule has 1 aliphatic carbocycles. The second-order valence-electron chi connectivity index (χ2n) is 8.78. The minimum Gasteiger partial charge on any atom is -0.341 e. The molecule has 158 valence electrons. The summed E-state index contributed by atoms with van der Waals surface area (Å²) < 4.78 is 1.76. The molecular weight excluding hydrogens is 402 g/mol. The summed E-state index contributed by atoms with van der Waals surface area (Å²) in [6.45, 7) is 10.6. The average Bonchev–Trinajstić information content (AvgIpc) is 3.05. The average molecular weight is 434 g/mol. The Hall–Kier alpha value is -1.34. The Labute approximate surface area is 180 Å². The number of carbonyl (C=O) groups excluding carboxylic acids is 1. The second-order valence-corrected chi connectivity index (χ2v) is 11.2. The van der Waals surface area contributed by atoms with Gasteiger partial charge in [0.2, 0.25) is 5.91 Å². The van der Waals surface area contributed by atoms with Crippen molar-refractivity contribution in [3.63, 3.8) is 0 Å². The quantitative estimate of drug-likeness (QED) is 0.532. The molecule has 7 heteroatoms. The van der Waals surface area contributed by atoms with Crippen LogP contribution in [0.4, 0.5) is 0 Å². The summed E-state index contributed by atoms with van der Waals surface area (Å²) in [5.41, 5.74) is 1.30. The maximum absolute atomic E-state index is 13.3. The lowest BCUT2D eigenvalue weighted by Crippen LogP contribution is -2.45. The molecule has 0 spiro atoms. The van der Waals surface area contributed by atoms with E-state index in [4.69, 9.17) is 4.98 Å². The van der Waals surface area contributed by atoms with E-state index in [0.29, 0.717) is 23.5 Å². The highest BCUT2D eigenvalue weighted by Gasteiger charge is 2.30. The van der Waals surface area contributed by atoms with Gasteiger partial charge in [-0.2, -0.15) is 0 Å². The summed E-state index contributed by atoms with van der Waals surface area (Å²) in [6.07, 6.45) is 5.58. The summed E-state index contributed by atoms with van der Waals surface area (Å²) >= 11 is 3.12. The van der Waals surface area contributed by atoms with Crippen LogP contribution in [-0.2, 0) is 24.2 Å². The first-order valence-electron chi connectivity index (χ1n) is 10.9. The number of piperidine rings is 1. The van der Waals surface area contributed by atoms with Gasteiger partial charge in [-0.25, -0.2) is 4.98 Å². The fourth-order valence-electron chi connectivity index (χ4n) is 4.90. The molecule has 5 nitrogen and oxygen atoms in total. The van der Waals surface area contributed by atoms with E-state index in [0.717, 1.165) is 42.6 Å². The fraction of sp³-hybridized carbons (Fsp3) is 0.682. The molecule has 0 radical (unpaired) electrons. The van der Waals surface area contributed by atoms with Crippen molar-refractivity contribution in [1.82, 2.24) is 14.5 Å². The SMILES string of the molecule is CCn1c(SC(C)C(=O)N2CC(C)CC(C)C2)nc2sc3c(c2c1=O)CCCC3. The molecule has 3 unspecified atom stereocenters. The van der Waals surface area contributed by atoms with Crippen LogP contribution in [0.5, 0.6) is 0 Å². The van der Waals surface area contributed by atoms with Crippen LogP contribution in [0.3, 0.4) is 0 Å². The summed E-state index contributed by atoms with van der Waals surface area (Å²) in [4.78, 5) is 35.4. The first kappa shape index (κ1) is 20.9. The van der Waals surface area contributed by atoms with Gasteiger partial charge in [-0.05, 0) is 63.4 Å². The number of aryl methyl sites for hydroxylation is 2. The number of thiophene rings is 1. The zero-order valence-electron chi connectivity index (χ0n) is 17.9. The van der Waals surface area contributed by atoms with Crippen molar-refractivity contribution in [3.05, 3.63) is 20.8 Å². The fourth-order valence-corrected chi connectivity index (χ4v) is 7.26. The molecule has 1 saturated heterocycles. The molecule has 3 heterocycles. The molecule has 2 aromatic heterocycles. The van der Waals surface area contributed by atoms with E-state index in [2.05, 4.69) is 13.8 Å². The maximum Gasteiger partial charge on any atom is 0.263 e. The molecule has 0 saturated carbocycles. The third-order valence-corrected chi connectivity index (χ3v) is 8.43. The topological polar surface area (TPSA) is 55.2 Å². The normalized spacial score (nSPS) is 23.2. The van der Waals surface area contributed by atoms with E-state index in [1.54, 1.807) is 15.9 Å². The van der Waals surface area contributed by atoms with Gasteiger partial charge in [0.15, 0.2) is 5.16 Å². The molecule has 29 heavy (non-hydrogen) atoms. The van der Waals surface area contributed by atoms with E-state index in [-0.39, 0.29) is 16.7 Å². The second kappa shape index (κ2) is 8.42. The highest BCUT2D eigenvalue weighted by atomic mass is 32.2. The van der Waals surface area contributed by atoms with Crippen molar-refractivity contribution < 1.29 is 4.79 Å². The van der Waals surface area contributed by atoms with Crippen molar-refractivity contribution in [3.8, 4) is 0 Å². The molecule has 2 aromatic rings. The van der Waals surface area contributed by atoms with Crippen LogP contribution in [0, 0.1) is 11.8 Å². The number of aromatic nitrogens is 2. The zero-order valence-corrected chi connectivity index (χ0v) is 19.5. The predicted molar refractivity (Wildman–Crippen MR) is 121 cm³/mol. The molecule has 1 fully saturated rings.